The van der Waals surface area contributed by atoms with Gasteiger partial charge in [0.15, 0.2) is 0 Å². The van der Waals surface area contributed by atoms with Crippen molar-refractivity contribution in [1.82, 2.24) is 0 Å². The number of hydrogen-bond donors (Lipinski definition) is 1. The Balaban J connectivity index is 1.69. The van der Waals surface area contributed by atoms with Crippen LogP contribution in [0.25, 0.3) is 11.3 Å². The van der Waals surface area contributed by atoms with Crippen molar-refractivity contribution >= 4 is 37.5 Å². The highest BCUT2D eigenvalue weighted by molar-refractivity contribution is 9.11. The Morgan fingerprint density at radius 3 is 2.48 bits per heavy atom. The monoisotopic (exact) mass is 435 g/mol. The summed E-state index contributed by atoms with van der Waals surface area (Å²) in [6.45, 7) is 0.625. The summed E-state index contributed by atoms with van der Waals surface area (Å²) in [7, 11) is 1.66. The molecule has 2 aromatic carbocycles. The lowest BCUT2D eigenvalue weighted by atomic mass is 10.2. The Labute approximate surface area is 151 Å². The Morgan fingerprint density at radius 1 is 1.00 bits per heavy atom. The normalized spacial score (nSPS) is 10.6. The summed E-state index contributed by atoms with van der Waals surface area (Å²) in [6.07, 6.45) is 0. The molecule has 118 valence electrons. The number of ether oxygens (including phenoxy) is 1. The third kappa shape index (κ3) is 3.98. The second-order valence-corrected chi connectivity index (χ2v) is 6.74. The fourth-order valence-corrected chi connectivity index (χ4v) is 3.45. The first-order valence-electron chi connectivity index (χ1n) is 7.08. The van der Waals surface area contributed by atoms with Crippen molar-refractivity contribution < 1.29 is 9.15 Å². The van der Waals surface area contributed by atoms with Gasteiger partial charge in [-0.25, -0.2) is 0 Å². The molecule has 0 unspecified atom stereocenters. The van der Waals surface area contributed by atoms with Gasteiger partial charge in [-0.2, -0.15) is 0 Å². The minimum Gasteiger partial charge on any atom is -0.497 e. The second-order valence-electron chi connectivity index (χ2n) is 4.97. The summed E-state index contributed by atoms with van der Waals surface area (Å²) in [6, 6.07) is 17.8. The third-order valence-electron chi connectivity index (χ3n) is 3.42. The van der Waals surface area contributed by atoms with Gasteiger partial charge >= 0.3 is 0 Å². The van der Waals surface area contributed by atoms with Crippen LogP contribution in [0.2, 0.25) is 0 Å². The summed E-state index contributed by atoms with van der Waals surface area (Å²) < 4.78 is 13.1. The quantitative estimate of drug-likeness (QED) is 0.525. The van der Waals surface area contributed by atoms with Crippen molar-refractivity contribution in [1.29, 1.82) is 0 Å². The molecule has 3 aromatic rings. The van der Waals surface area contributed by atoms with Crippen molar-refractivity contribution in [3.63, 3.8) is 0 Å². The predicted octanol–water partition coefficient (Wildman–Crippen LogP) is 6.09. The molecule has 0 amide bonds. The lowest BCUT2D eigenvalue weighted by Crippen LogP contribution is -1.97. The lowest BCUT2D eigenvalue weighted by molar-refractivity contribution is 0.415. The van der Waals surface area contributed by atoms with Gasteiger partial charge in [0.2, 0.25) is 0 Å². The van der Waals surface area contributed by atoms with Crippen LogP contribution in [0, 0.1) is 0 Å². The van der Waals surface area contributed by atoms with E-state index in [0.717, 1.165) is 37.5 Å². The van der Waals surface area contributed by atoms with E-state index in [1.807, 2.05) is 54.6 Å². The molecule has 0 spiro atoms. The van der Waals surface area contributed by atoms with Gasteiger partial charge < -0.3 is 14.5 Å². The second kappa shape index (κ2) is 7.23. The van der Waals surface area contributed by atoms with E-state index in [9.17, 15) is 0 Å². The maximum atomic E-state index is 5.92. The molecule has 0 aliphatic heterocycles. The van der Waals surface area contributed by atoms with Gasteiger partial charge in [0.1, 0.15) is 17.3 Å². The summed E-state index contributed by atoms with van der Waals surface area (Å²) in [5.41, 5.74) is 2.05. The number of methoxy groups -OCH3 is 1. The molecule has 0 saturated carbocycles. The molecule has 0 aliphatic rings. The number of benzene rings is 2. The molecule has 0 radical (unpaired) electrons. The molecule has 0 bridgehead atoms. The van der Waals surface area contributed by atoms with Gasteiger partial charge in [0.25, 0.3) is 0 Å². The van der Waals surface area contributed by atoms with Crippen LogP contribution < -0.4 is 10.1 Å². The van der Waals surface area contributed by atoms with Gasteiger partial charge in [0, 0.05) is 20.2 Å². The van der Waals surface area contributed by atoms with E-state index in [2.05, 4.69) is 37.2 Å². The Morgan fingerprint density at radius 2 is 1.78 bits per heavy atom. The van der Waals surface area contributed by atoms with E-state index in [0.29, 0.717) is 6.54 Å². The number of furan rings is 1. The van der Waals surface area contributed by atoms with E-state index in [-0.39, 0.29) is 0 Å². The minimum atomic E-state index is 0.625. The van der Waals surface area contributed by atoms with Gasteiger partial charge in [-0.3, -0.25) is 0 Å². The van der Waals surface area contributed by atoms with Crippen molar-refractivity contribution in [2.24, 2.45) is 0 Å². The molecule has 3 nitrogen and oxygen atoms in total. The third-order valence-corrected chi connectivity index (χ3v) is 4.56. The van der Waals surface area contributed by atoms with Crippen LogP contribution in [0.3, 0.4) is 0 Å². The topological polar surface area (TPSA) is 34.4 Å². The molecule has 0 fully saturated rings. The van der Waals surface area contributed by atoms with Crippen molar-refractivity contribution in [2.45, 2.75) is 6.54 Å². The van der Waals surface area contributed by atoms with E-state index in [4.69, 9.17) is 9.15 Å². The van der Waals surface area contributed by atoms with Crippen molar-refractivity contribution in [2.75, 3.05) is 12.4 Å². The highest BCUT2D eigenvalue weighted by Gasteiger charge is 2.09. The molecule has 5 heteroatoms. The molecular formula is C18H15Br2NO2. The lowest BCUT2D eigenvalue weighted by Gasteiger charge is -2.06. The Kier molecular flexibility index (Phi) is 5.08. The van der Waals surface area contributed by atoms with E-state index in [1.165, 1.54) is 0 Å². The minimum absolute atomic E-state index is 0.625. The first kappa shape index (κ1) is 16.1. The van der Waals surface area contributed by atoms with Crippen LogP contribution in [0.1, 0.15) is 5.76 Å². The van der Waals surface area contributed by atoms with Crippen molar-refractivity contribution in [3.8, 4) is 17.1 Å². The SMILES string of the molecule is COc1ccc(NCc2ccc(-c3ccc(Br)cc3Br)o2)cc1. The molecule has 23 heavy (non-hydrogen) atoms. The van der Waals surface area contributed by atoms with E-state index >= 15 is 0 Å². The van der Waals surface area contributed by atoms with Gasteiger partial charge in [0.05, 0.1) is 13.7 Å². The number of hydrogen-bond acceptors (Lipinski definition) is 3. The average Bonchev–Trinajstić information content (AvgIpc) is 3.02. The number of anilines is 1. The summed E-state index contributed by atoms with van der Waals surface area (Å²) in [5, 5.41) is 3.33. The summed E-state index contributed by atoms with van der Waals surface area (Å²) in [4.78, 5) is 0. The zero-order valence-electron chi connectivity index (χ0n) is 12.5. The van der Waals surface area contributed by atoms with Crippen LogP contribution in [0.4, 0.5) is 5.69 Å². The summed E-state index contributed by atoms with van der Waals surface area (Å²) in [5.74, 6) is 2.57. The Bertz CT molecular complexity index is 797. The standard InChI is InChI=1S/C18H15Br2NO2/c1-22-14-5-3-13(4-6-14)21-11-15-7-9-18(23-15)16-8-2-12(19)10-17(16)20/h2-10,21H,11H2,1H3. The zero-order chi connectivity index (χ0) is 16.2. The van der Waals surface area contributed by atoms with Crippen LogP contribution >= 0.6 is 31.9 Å². The van der Waals surface area contributed by atoms with E-state index in [1.54, 1.807) is 7.11 Å². The smallest absolute Gasteiger partial charge is 0.135 e. The van der Waals surface area contributed by atoms with Crippen LogP contribution in [0.5, 0.6) is 5.75 Å². The van der Waals surface area contributed by atoms with E-state index < -0.39 is 0 Å². The fraction of sp³-hybridized carbons (Fsp3) is 0.111. The molecular weight excluding hydrogens is 422 g/mol. The molecule has 0 saturated heterocycles. The fourth-order valence-electron chi connectivity index (χ4n) is 2.21. The maximum Gasteiger partial charge on any atom is 0.135 e. The molecule has 0 aliphatic carbocycles. The highest BCUT2D eigenvalue weighted by Crippen LogP contribution is 2.32. The Hall–Kier alpha value is -1.72. The van der Waals surface area contributed by atoms with Crippen LogP contribution in [-0.4, -0.2) is 7.11 Å². The number of halogens is 2. The summed E-state index contributed by atoms with van der Waals surface area (Å²) >= 11 is 7.02. The zero-order valence-corrected chi connectivity index (χ0v) is 15.6. The average molecular weight is 437 g/mol. The van der Waals surface area contributed by atoms with Gasteiger partial charge in [-0.1, -0.05) is 15.9 Å². The van der Waals surface area contributed by atoms with Crippen LogP contribution in [-0.2, 0) is 6.54 Å². The molecule has 1 N–H and O–H groups in total. The maximum absolute atomic E-state index is 5.92. The molecule has 1 aromatic heterocycles. The first-order chi connectivity index (χ1) is 11.2. The molecule has 3 rings (SSSR count). The van der Waals surface area contributed by atoms with Crippen molar-refractivity contribution in [3.05, 3.63) is 69.3 Å². The van der Waals surface area contributed by atoms with Crippen LogP contribution in [0.15, 0.2) is 68.0 Å². The first-order valence-corrected chi connectivity index (χ1v) is 8.66. The van der Waals surface area contributed by atoms with Gasteiger partial charge in [-0.15, -0.1) is 0 Å². The largest absolute Gasteiger partial charge is 0.497 e. The number of rotatable bonds is 5. The molecule has 0 atom stereocenters. The highest BCUT2D eigenvalue weighted by atomic mass is 79.9. The molecule has 1 heterocycles. The number of nitrogens with one attached hydrogen (secondary N) is 1. The predicted molar refractivity (Wildman–Crippen MR) is 99.9 cm³/mol. The van der Waals surface area contributed by atoms with Gasteiger partial charge in [-0.05, 0) is 70.5 Å².